The minimum Gasteiger partial charge on any atom is -0.462 e. The van der Waals surface area contributed by atoms with E-state index in [0.717, 1.165) is 25.9 Å². The monoisotopic (exact) mass is 404 g/mol. The number of amides is 1. The number of likely N-dealkylation sites (tertiary alicyclic amines) is 1. The van der Waals surface area contributed by atoms with Gasteiger partial charge in [-0.1, -0.05) is 25.0 Å². The molecule has 7 heteroatoms. The second kappa shape index (κ2) is 9.80. The zero-order chi connectivity index (χ0) is 19.9. The third-order valence-corrected chi connectivity index (χ3v) is 5.64. The largest absolute Gasteiger partial charge is 0.462 e. The Hall–Kier alpha value is -2.25. The smallest absolute Gasteiger partial charge is 0.341 e. The van der Waals surface area contributed by atoms with E-state index in [9.17, 15) is 14.0 Å². The average Bonchev–Trinajstić information content (AvgIpc) is 2.90. The maximum absolute atomic E-state index is 13.3. The highest BCUT2D eigenvalue weighted by Crippen LogP contribution is 2.36. The second-order valence-corrected chi connectivity index (χ2v) is 7.70. The third kappa shape index (κ3) is 5.17. The van der Waals surface area contributed by atoms with Gasteiger partial charge >= 0.3 is 5.97 Å². The number of carbonyl (C=O) groups is 2. The maximum Gasteiger partial charge on any atom is 0.341 e. The van der Waals surface area contributed by atoms with Crippen LogP contribution in [0.3, 0.4) is 0 Å². The number of halogens is 1. The van der Waals surface area contributed by atoms with Gasteiger partial charge in [-0.2, -0.15) is 0 Å². The standard InChI is InChI=1S/C21H25FN2O3S/c1-2-27-21(26)19-17(15-7-9-16(22)10-8-15)14-28-20(19)23-18(25)13-24-11-5-3-4-6-12-24/h7-10,14H,2-6,11-13H2,1H3,(H,23,25). The van der Waals surface area contributed by atoms with Crippen LogP contribution in [-0.4, -0.2) is 43.0 Å². The first kappa shape index (κ1) is 20.5. The van der Waals surface area contributed by atoms with Gasteiger partial charge in [0.2, 0.25) is 5.91 Å². The lowest BCUT2D eigenvalue weighted by Crippen LogP contribution is -2.34. The first-order valence-corrected chi connectivity index (χ1v) is 10.5. The molecule has 2 aromatic rings. The molecule has 0 spiro atoms. The van der Waals surface area contributed by atoms with E-state index in [0.29, 0.717) is 28.2 Å². The number of hydrogen-bond acceptors (Lipinski definition) is 5. The number of rotatable bonds is 6. The zero-order valence-electron chi connectivity index (χ0n) is 16.0. The fraction of sp³-hybridized carbons (Fsp3) is 0.429. The van der Waals surface area contributed by atoms with E-state index in [2.05, 4.69) is 10.2 Å². The molecular weight excluding hydrogens is 379 g/mol. The lowest BCUT2D eigenvalue weighted by Gasteiger charge is -2.19. The summed E-state index contributed by atoms with van der Waals surface area (Å²) in [5, 5.41) is 5.14. The summed E-state index contributed by atoms with van der Waals surface area (Å²) in [6.07, 6.45) is 4.62. The van der Waals surface area contributed by atoms with Gasteiger partial charge in [-0.15, -0.1) is 11.3 Å². The van der Waals surface area contributed by atoms with Gasteiger partial charge in [0.1, 0.15) is 16.4 Å². The van der Waals surface area contributed by atoms with Crippen LogP contribution in [0.4, 0.5) is 9.39 Å². The lowest BCUT2D eigenvalue weighted by molar-refractivity contribution is -0.117. The number of carbonyl (C=O) groups excluding carboxylic acids is 2. The van der Waals surface area contributed by atoms with E-state index in [1.807, 2.05) is 0 Å². The topological polar surface area (TPSA) is 58.6 Å². The Labute approximate surface area is 168 Å². The van der Waals surface area contributed by atoms with E-state index in [-0.39, 0.29) is 18.3 Å². The Bertz CT molecular complexity index is 812. The van der Waals surface area contributed by atoms with Crippen molar-refractivity contribution in [3.8, 4) is 11.1 Å². The average molecular weight is 405 g/mol. The van der Waals surface area contributed by atoms with Gasteiger partial charge in [-0.25, -0.2) is 9.18 Å². The summed E-state index contributed by atoms with van der Waals surface area (Å²) in [5.74, 6) is -0.976. The van der Waals surface area contributed by atoms with Crippen molar-refractivity contribution in [2.45, 2.75) is 32.6 Å². The van der Waals surface area contributed by atoms with Crippen LogP contribution in [0, 0.1) is 5.82 Å². The Morgan fingerprint density at radius 3 is 2.46 bits per heavy atom. The fourth-order valence-electron chi connectivity index (χ4n) is 3.36. The van der Waals surface area contributed by atoms with Crippen LogP contribution in [-0.2, 0) is 9.53 Å². The molecule has 0 unspecified atom stereocenters. The summed E-state index contributed by atoms with van der Waals surface area (Å²) in [5.41, 5.74) is 1.66. The van der Waals surface area contributed by atoms with E-state index in [1.54, 1.807) is 24.4 Å². The van der Waals surface area contributed by atoms with Crippen molar-refractivity contribution >= 4 is 28.2 Å². The Balaban J connectivity index is 1.80. The van der Waals surface area contributed by atoms with Gasteiger partial charge in [-0.3, -0.25) is 9.69 Å². The Morgan fingerprint density at radius 2 is 1.82 bits per heavy atom. The predicted molar refractivity (Wildman–Crippen MR) is 109 cm³/mol. The number of thiophene rings is 1. The SMILES string of the molecule is CCOC(=O)c1c(-c2ccc(F)cc2)csc1NC(=O)CN1CCCCCC1. The molecule has 0 bridgehead atoms. The number of anilines is 1. The van der Waals surface area contributed by atoms with Gasteiger partial charge in [0.25, 0.3) is 0 Å². The highest BCUT2D eigenvalue weighted by molar-refractivity contribution is 7.15. The first-order valence-electron chi connectivity index (χ1n) is 9.65. The number of esters is 1. The molecule has 2 heterocycles. The zero-order valence-corrected chi connectivity index (χ0v) is 16.8. The summed E-state index contributed by atoms with van der Waals surface area (Å²) in [6.45, 7) is 4.12. The predicted octanol–water partition coefficient (Wildman–Crippen LogP) is 4.55. The van der Waals surface area contributed by atoms with Crippen LogP contribution in [0.15, 0.2) is 29.6 Å². The molecule has 3 rings (SSSR count). The summed E-state index contributed by atoms with van der Waals surface area (Å²) in [7, 11) is 0. The quantitative estimate of drug-likeness (QED) is 0.718. The van der Waals surface area contributed by atoms with Gasteiger partial charge in [0.05, 0.1) is 13.2 Å². The molecule has 5 nitrogen and oxygen atoms in total. The summed E-state index contributed by atoms with van der Waals surface area (Å²) in [6, 6.07) is 5.92. The van der Waals surface area contributed by atoms with Crippen molar-refractivity contribution in [2.24, 2.45) is 0 Å². The molecular formula is C21H25FN2O3S. The third-order valence-electron chi connectivity index (χ3n) is 4.74. The summed E-state index contributed by atoms with van der Waals surface area (Å²) in [4.78, 5) is 27.3. The van der Waals surface area contributed by atoms with Gasteiger partial charge < -0.3 is 10.1 Å². The number of nitrogens with zero attached hydrogens (tertiary/aromatic N) is 1. The highest BCUT2D eigenvalue weighted by atomic mass is 32.1. The van der Waals surface area contributed by atoms with E-state index in [4.69, 9.17) is 4.74 Å². The van der Waals surface area contributed by atoms with Crippen LogP contribution in [0.2, 0.25) is 0 Å². The normalized spacial score (nSPS) is 15.1. The Kier molecular flexibility index (Phi) is 7.17. The molecule has 150 valence electrons. The van der Waals surface area contributed by atoms with E-state index < -0.39 is 5.97 Å². The molecule has 1 fully saturated rings. The van der Waals surface area contributed by atoms with Crippen LogP contribution in [0.5, 0.6) is 0 Å². The number of nitrogens with one attached hydrogen (secondary N) is 1. The number of ether oxygens (including phenoxy) is 1. The van der Waals surface area contributed by atoms with Crippen molar-refractivity contribution in [2.75, 3.05) is 31.6 Å². The molecule has 1 aliphatic rings. The molecule has 0 aliphatic carbocycles. The van der Waals surface area contributed by atoms with E-state index in [1.165, 1.54) is 36.3 Å². The first-order chi connectivity index (χ1) is 13.6. The molecule has 1 amide bonds. The molecule has 28 heavy (non-hydrogen) atoms. The molecule has 1 N–H and O–H groups in total. The lowest BCUT2D eigenvalue weighted by atomic mass is 10.0. The van der Waals surface area contributed by atoms with Crippen LogP contribution in [0.1, 0.15) is 43.0 Å². The van der Waals surface area contributed by atoms with Gasteiger partial charge in [0, 0.05) is 10.9 Å². The second-order valence-electron chi connectivity index (χ2n) is 6.82. The molecule has 1 saturated heterocycles. The minimum atomic E-state index is -0.492. The van der Waals surface area contributed by atoms with Crippen molar-refractivity contribution in [1.82, 2.24) is 4.90 Å². The summed E-state index contributed by atoms with van der Waals surface area (Å²) < 4.78 is 18.5. The molecule has 1 aromatic heterocycles. The van der Waals surface area contributed by atoms with Crippen LogP contribution in [0.25, 0.3) is 11.1 Å². The van der Waals surface area contributed by atoms with Crippen molar-refractivity contribution in [1.29, 1.82) is 0 Å². The van der Waals surface area contributed by atoms with Gasteiger partial charge in [-0.05, 0) is 50.6 Å². The summed E-state index contributed by atoms with van der Waals surface area (Å²) >= 11 is 1.28. The highest BCUT2D eigenvalue weighted by Gasteiger charge is 2.23. The molecule has 0 saturated carbocycles. The molecule has 0 atom stereocenters. The molecule has 1 aliphatic heterocycles. The molecule has 0 radical (unpaired) electrons. The number of hydrogen-bond donors (Lipinski definition) is 1. The van der Waals surface area contributed by atoms with Crippen molar-refractivity contribution in [3.63, 3.8) is 0 Å². The van der Waals surface area contributed by atoms with E-state index >= 15 is 0 Å². The number of benzene rings is 1. The van der Waals surface area contributed by atoms with Crippen LogP contribution >= 0.6 is 11.3 Å². The molecule has 1 aromatic carbocycles. The minimum absolute atomic E-state index is 0.139. The van der Waals surface area contributed by atoms with Crippen molar-refractivity contribution < 1.29 is 18.7 Å². The van der Waals surface area contributed by atoms with Crippen molar-refractivity contribution in [3.05, 3.63) is 41.0 Å². The van der Waals surface area contributed by atoms with Crippen LogP contribution < -0.4 is 5.32 Å². The maximum atomic E-state index is 13.3. The fourth-order valence-corrected chi connectivity index (χ4v) is 4.33. The van der Waals surface area contributed by atoms with Gasteiger partial charge in [0.15, 0.2) is 0 Å². The Morgan fingerprint density at radius 1 is 1.14 bits per heavy atom.